The van der Waals surface area contributed by atoms with Gasteiger partial charge in [0.25, 0.3) is 0 Å². The fourth-order valence-corrected chi connectivity index (χ4v) is 22.4. The fourth-order valence-electron chi connectivity index (χ4n) is 11.0. The van der Waals surface area contributed by atoms with Gasteiger partial charge < -0.3 is 36.7 Å². The highest BCUT2D eigenvalue weighted by atomic mass is 28.5. The summed E-state index contributed by atoms with van der Waals surface area (Å²) in [7, 11) is -6.28. The fraction of sp³-hybridized carbons (Fsp3) is 0.479. The van der Waals surface area contributed by atoms with Gasteiger partial charge in [-0.3, -0.25) is 0 Å². The molecule has 0 aliphatic rings. The van der Waals surface area contributed by atoms with Crippen molar-refractivity contribution in [2.24, 2.45) is 0 Å². The molecule has 10 nitrogen and oxygen atoms in total. The van der Waals surface area contributed by atoms with E-state index in [0.717, 1.165) is 123 Å². The summed E-state index contributed by atoms with van der Waals surface area (Å²) in [5, 5.41) is 0. The van der Waals surface area contributed by atoms with Gasteiger partial charge in [0.05, 0.1) is 30.4 Å². The van der Waals surface area contributed by atoms with E-state index in [1.165, 1.54) is 0 Å². The van der Waals surface area contributed by atoms with Crippen molar-refractivity contribution in [1.29, 1.82) is 0 Å². The van der Waals surface area contributed by atoms with Crippen LogP contribution < -0.4 is 18.9 Å². The number of rotatable bonds is 42. The number of alkyl halides is 6. The van der Waals surface area contributed by atoms with Gasteiger partial charge in [0.2, 0.25) is 8.32 Å². The summed E-state index contributed by atoms with van der Waals surface area (Å²) in [6.07, 6.45) is 3.93. The lowest BCUT2D eigenvalue weighted by molar-refractivity contribution is -0.136. The van der Waals surface area contributed by atoms with Crippen molar-refractivity contribution in [2.45, 2.75) is 212 Å². The molecule has 0 saturated heterocycles. The Kier molecular flexibility index (Phi) is 31.2. The quantitative estimate of drug-likeness (QED) is 0.0121. The summed E-state index contributed by atoms with van der Waals surface area (Å²) < 4.78 is 125. The van der Waals surface area contributed by atoms with E-state index in [9.17, 15) is 35.9 Å². The van der Waals surface area contributed by atoms with Crippen LogP contribution in [0.4, 0.5) is 26.3 Å². The van der Waals surface area contributed by atoms with Crippen molar-refractivity contribution >= 4 is 37.9 Å². The topological polar surface area (TPSA) is 108 Å². The molecule has 6 aromatic rings. The van der Waals surface area contributed by atoms with Crippen molar-refractivity contribution in [1.82, 2.24) is 0 Å². The van der Waals surface area contributed by atoms with Crippen LogP contribution in [-0.4, -0.2) is 75.3 Å². The van der Waals surface area contributed by atoms with E-state index in [2.05, 4.69) is 46.2 Å². The maximum Gasteiger partial charge on any atom is 0.389 e. The summed E-state index contributed by atoms with van der Waals surface area (Å²) in [5.41, 5.74) is 5.90. The van der Waals surface area contributed by atoms with E-state index in [1.54, 1.807) is 48.5 Å². The Hall–Kier alpha value is -6.07. The van der Waals surface area contributed by atoms with Gasteiger partial charge in [-0.15, -0.1) is 0 Å². The molecule has 0 heterocycles. The van der Waals surface area contributed by atoms with E-state index in [1.807, 2.05) is 97.1 Å². The van der Waals surface area contributed by atoms with Crippen molar-refractivity contribution in [3.8, 4) is 45.3 Å². The second-order valence-electron chi connectivity index (χ2n) is 24.8. The minimum atomic E-state index is -4.10. The van der Waals surface area contributed by atoms with Crippen LogP contribution in [-0.2, 0) is 30.9 Å². The lowest BCUT2D eigenvalue weighted by Crippen LogP contribution is -2.56. The zero-order valence-corrected chi connectivity index (χ0v) is 57.8. The lowest BCUT2D eigenvalue weighted by atomic mass is 10.0. The normalized spacial score (nSPS) is 12.8. The first-order valence-corrected chi connectivity index (χ1v) is 41.0. The Morgan fingerprint density at radius 2 is 0.880 bits per heavy atom. The van der Waals surface area contributed by atoms with Crippen LogP contribution >= 0.6 is 0 Å². The summed E-state index contributed by atoms with van der Waals surface area (Å²) >= 11 is 0. The molecule has 0 fully saturated rings. The molecule has 2 unspecified atom stereocenters. The third-order valence-electron chi connectivity index (χ3n) is 15.6. The predicted molar refractivity (Wildman–Crippen MR) is 359 cm³/mol. The first-order chi connectivity index (χ1) is 44.0. The Morgan fingerprint density at radius 1 is 0.467 bits per heavy atom. The van der Waals surface area contributed by atoms with Crippen molar-refractivity contribution in [2.75, 3.05) is 13.2 Å². The van der Waals surface area contributed by atoms with E-state index in [4.69, 9.17) is 36.7 Å². The molecule has 1 radical (unpaired) electrons. The van der Waals surface area contributed by atoms with Gasteiger partial charge in [0.1, 0.15) is 28.7 Å². The molecule has 92 heavy (non-hydrogen) atoms. The van der Waals surface area contributed by atoms with Crippen molar-refractivity contribution in [3.63, 3.8) is 0 Å². The van der Waals surface area contributed by atoms with Crippen LogP contribution in [0.15, 0.2) is 146 Å². The Morgan fingerprint density at radius 3 is 1.33 bits per heavy atom. The molecular formula is C73H95F6O10Si3. The molecule has 0 N–H and O–H groups in total. The number of benzene rings is 6. The third kappa shape index (κ3) is 28.3. The highest BCUT2D eigenvalue weighted by Crippen LogP contribution is 2.37. The van der Waals surface area contributed by atoms with Crippen LogP contribution in [0.3, 0.4) is 0 Å². The molecule has 0 aliphatic heterocycles. The molecule has 19 heteroatoms. The average Bonchev–Trinajstić information content (AvgIpc) is 0.869. The number of carbonyl (C=O) groups is 2. The molecule has 0 amide bonds. The van der Waals surface area contributed by atoms with Gasteiger partial charge in [-0.2, -0.15) is 26.3 Å². The van der Waals surface area contributed by atoms with Crippen LogP contribution in [0, 0.1) is 0 Å². The molecule has 0 spiro atoms. The maximum absolute atomic E-state index is 13.4. The number of hydrogen-bond donors (Lipinski definition) is 0. The van der Waals surface area contributed by atoms with E-state index in [0.29, 0.717) is 74.1 Å². The number of para-hydroxylation sites is 2. The molecule has 501 valence electrons. The number of unbranched alkanes of at least 4 members (excludes halogenated alkanes) is 11. The summed E-state index contributed by atoms with van der Waals surface area (Å²) in [4.78, 5) is 26.8. The molecule has 0 aromatic heterocycles. The van der Waals surface area contributed by atoms with Crippen LogP contribution in [0.5, 0.6) is 23.0 Å². The van der Waals surface area contributed by atoms with Gasteiger partial charge in [-0.05, 0) is 180 Å². The van der Waals surface area contributed by atoms with Gasteiger partial charge in [0.15, 0.2) is 9.04 Å². The predicted octanol–water partition coefficient (Wildman–Crippen LogP) is 21.4. The molecular weight excluding hydrogens is 1240 g/mol. The van der Waals surface area contributed by atoms with Crippen molar-refractivity contribution in [3.05, 3.63) is 168 Å². The number of ether oxygens (including phenoxy) is 6. The second kappa shape index (κ2) is 38.3. The van der Waals surface area contributed by atoms with E-state index < -0.39 is 63.1 Å². The highest BCUT2D eigenvalue weighted by molar-refractivity contribution is 6.85. The number of carbonyl (C=O) groups excluding carboxylic acids is 2. The van der Waals surface area contributed by atoms with Gasteiger partial charge in [-0.25, -0.2) is 9.59 Å². The average molecular weight is 1330 g/mol. The molecule has 0 bridgehead atoms. The Labute approximate surface area is 546 Å². The summed E-state index contributed by atoms with van der Waals surface area (Å²) in [6, 6.07) is 44.9. The molecule has 6 aromatic carbocycles. The monoisotopic (exact) mass is 1330 g/mol. The number of esters is 2. The zero-order valence-electron chi connectivity index (χ0n) is 54.8. The minimum absolute atomic E-state index is 0.0930. The van der Waals surface area contributed by atoms with Gasteiger partial charge in [-0.1, -0.05) is 150 Å². The smallest absolute Gasteiger partial charge is 0.389 e. The SMILES string of the molecule is CCCCCCC(CCCC(Oc1ccccc1-c1ccc(C(=O)Oc2ccc(COCCCCCCCC(F)(F)F)cc2)cc1)[Si](C)(C)O[Si](C)(C)O[Si](C)C)Oc1ccccc1-c1ccc(C(=O)Oc2ccc(COCCCCCCCC(F)(F)F)cc2)cc1. The molecule has 0 aliphatic carbocycles. The Balaban J connectivity index is 1.06. The molecule has 2 atom stereocenters. The standard InChI is InChI=1S/C73H95F6O10Si3/c1-8-9-10-17-27-62(84-67-31-20-18-29-65(67)58-38-42-60(43-39-58)70(80)85-63-46-34-56(35-47-63)54-82-52-24-15-11-13-22-50-72(74,75)76)28-26-33-69(91(4,5)89-92(6,7)88-90(2)3)87-68-32-21-19-30-66(68)59-40-44-61(45-41-59)71(81)86-64-48-36-57(37-49-64)55-83-53-25-16-12-14-23-51-73(77,78)79/h18-21,29-32,34-49,62,69H,8-17,22-28,33,50-55H2,1-7H3. The zero-order chi connectivity index (χ0) is 66.4. The lowest BCUT2D eigenvalue weighted by Gasteiger charge is -2.39. The van der Waals surface area contributed by atoms with Crippen LogP contribution in [0.25, 0.3) is 22.3 Å². The third-order valence-corrected chi connectivity index (χ3v) is 25.2. The molecule has 0 saturated carbocycles. The van der Waals surface area contributed by atoms with E-state index >= 15 is 0 Å². The van der Waals surface area contributed by atoms with Gasteiger partial charge >= 0.3 is 32.9 Å². The minimum Gasteiger partial charge on any atom is -0.491 e. The number of hydrogen-bond acceptors (Lipinski definition) is 10. The van der Waals surface area contributed by atoms with E-state index in [-0.39, 0.29) is 24.7 Å². The second-order valence-corrected chi connectivity index (χ2v) is 34.9. The largest absolute Gasteiger partial charge is 0.491 e. The van der Waals surface area contributed by atoms with Crippen LogP contribution in [0.2, 0.25) is 39.3 Å². The van der Waals surface area contributed by atoms with Crippen LogP contribution in [0.1, 0.15) is 167 Å². The highest BCUT2D eigenvalue weighted by Gasteiger charge is 2.43. The Bertz CT molecular complexity index is 3090. The number of halogens is 6. The maximum atomic E-state index is 13.4. The first-order valence-electron chi connectivity index (χ1n) is 32.8. The van der Waals surface area contributed by atoms with Crippen molar-refractivity contribution < 1.29 is 72.6 Å². The molecule has 6 rings (SSSR count). The first kappa shape index (κ1) is 75.0. The summed E-state index contributed by atoms with van der Waals surface area (Å²) in [6.45, 7) is 16.9. The summed E-state index contributed by atoms with van der Waals surface area (Å²) in [5.74, 6) is 1.29. The van der Waals surface area contributed by atoms with Gasteiger partial charge in [0, 0.05) is 37.2 Å².